The van der Waals surface area contributed by atoms with E-state index in [9.17, 15) is 0 Å². The van der Waals surface area contributed by atoms with Crippen molar-refractivity contribution in [3.8, 4) is 73.2 Å². The van der Waals surface area contributed by atoms with E-state index in [2.05, 4.69) is 152 Å². The molecule has 1 aliphatic carbocycles. The van der Waals surface area contributed by atoms with Crippen LogP contribution in [0.15, 0.2) is 194 Å². The molecule has 2 heterocycles. The lowest BCUT2D eigenvalue weighted by Gasteiger charge is -2.21. The van der Waals surface area contributed by atoms with Crippen LogP contribution in [0.4, 0.5) is 0 Å². The van der Waals surface area contributed by atoms with Crippen molar-refractivity contribution in [2.75, 3.05) is 0 Å². The van der Waals surface area contributed by atoms with Gasteiger partial charge in [0.25, 0.3) is 0 Å². The summed E-state index contributed by atoms with van der Waals surface area (Å²) in [7, 11) is 0. The molecule has 0 N–H and O–H groups in total. The molecule has 2 aromatic heterocycles. The summed E-state index contributed by atoms with van der Waals surface area (Å²) in [5.41, 5.74) is 16.1. The fourth-order valence-corrected chi connectivity index (χ4v) is 8.92. The average Bonchev–Trinajstić information content (AvgIpc) is 3.73. The van der Waals surface area contributed by atoms with Gasteiger partial charge in [-0.05, 0) is 93.0 Å². The van der Waals surface area contributed by atoms with Crippen LogP contribution >= 0.6 is 0 Å². The number of hydrogen-bond donors (Lipinski definition) is 0. The van der Waals surface area contributed by atoms with Crippen molar-refractivity contribution in [3.63, 3.8) is 0 Å². The number of hydrogen-bond acceptors (Lipinski definition) is 3. The first-order chi connectivity index (χ1) is 28.5. The van der Waals surface area contributed by atoms with Crippen LogP contribution in [0, 0.1) is 0 Å². The topological polar surface area (TPSA) is 43.6 Å². The number of para-hydroxylation sites is 1. The SMILES string of the molecule is CC1(C)c2ccccc2-c2cc3c4ccccc4n(-c4cccc(-c5cc(-c6ccccc6)cc(-c6nc(-c7ccccc7)nc(-c7ccccc7)n6)c5)c4)c3cc21. The molecule has 8 aromatic carbocycles. The summed E-state index contributed by atoms with van der Waals surface area (Å²) >= 11 is 0. The summed E-state index contributed by atoms with van der Waals surface area (Å²) in [6.45, 7) is 4.71. The van der Waals surface area contributed by atoms with E-state index in [1.165, 1.54) is 44.1 Å². The average molecular weight is 743 g/mol. The fourth-order valence-electron chi connectivity index (χ4n) is 8.92. The van der Waals surface area contributed by atoms with Crippen LogP contribution in [0.1, 0.15) is 25.0 Å². The lowest BCUT2D eigenvalue weighted by atomic mass is 9.82. The van der Waals surface area contributed by atoms with Gasteiger partial charge in [-0.3, -0.25) is 0 Å². The Morgan fingerprint density at radius 1 is 0.345 bits per heavy atom. The highest BCUT2D eigenvalue weighted by Gasteiger charge is 2.36. The summed E-state index contributed by atoms with van der Waals surface area (Å²) in [5, 5.41) is 2.51. The molecule has 0 atom stereocenters. The highest BCUT2D eigenvalue weighted by atomic mass is 15.0. The van der Waals surface area contributed by atoms with Crippen molar-refractivity contribution in [1.82, 2.24) is 19.5 Å². The Morgan fingerprint density at radius 2 is 0.879 bits per heavy atom. The van der Waals surface area contributed by atoms with Gasteiger partial charge in [0.2, 0.25) is 0 Å². The molecule has 0 saturated carbocycles. The minimum atomic E-state index is -0.104. The standard InChI is InChI=1S/C54H38N4/c1-54(2)47-27-14-12-25-43(47)45-33-46-44-26-13-15-28-49(44)58(50(46)34-48(45)54)42-24-16-23-38(32-42)40-29-39(35-17-6-3-7-18-35)30-41(31-40)53-56-51(36-19-8-4-9-20-36)55-52(57-53)37-21-10-5-11-22-37/h3-34H,1-2H3. The highest BCUT2D eigenvalue weighted by Crippen LogP contribution is 2.51. The van der Waals surface area contributed by atoms with Crippen LogP contribution in [0.3, 0.4) is 0 Å². The smallest absolute Gasteiger partial charge is 0.164 e. The Morgan fingerprint density at radius 3 is 1.57 bits per heavy atom. The summed E-state index contributed by atoms with van der Waals surface area (Å²) in [4.78, 5) is 15.2. The van der Waals surface area contributed by atoms with E-state index >= 15 is 0 Å². The first-order valence-electron chi connectivity index (χ1n) is 19.9. The van der Waals surface area contributed by atoms with Crippen LogP contribution in [0.25, 0.3) is 95.0 Å². The van der Waals surface area contributed by atoms with E-state index in [1.54, 1.807) is 0 Å². The lowest BCUT2D eigenvalue weighted by Crippen LogP contribution is -2.14. The summed E-state index contributed by atoms with van der Waals surface area (Å²) in [5.74, 6) is 1.91. The zero-order valence-electron chi connectivity index (χ0n) is 32.3. The number of aromatic nitrogens is 4. The summed E-state index contributed by atoms with van der Waals surface area (Å²) in [6, 6.07) is 69.1. The van der Waals surface area contributed by atoms with Gasteiger partial charge in [0.1, 0.15) is 0 Å². The monoisotopic (exact) mass is 742 g/mol. The fraction of sp³-hybridized carbons (Fsp3) is 0.0556. The summed E-state index contributed by atoms with van der Waals surface area (Å²) in [6.07, 6.45) is 0. The van der Waals surface area contributed by atoms with Crippen LogP contribution in [-0.2, 0) is 5.41 Å². The van der Waals surface area contributed by atoms with E-state index in [1.807, 2.05) is 60.7 Å². The van der Waals surface area contributed by atoms with E-state index in [-0.39, 0.29) is 5.41 Å². The Balaban J connectivity index is 1.11. The molecule has 4 nitrogen and oxygen atoms in total. The minimum absolute atomic E-state index is 0.104. The maximum absolute atomic E-state index is 5.12. The molecule has 0 amide bonds. The van der Waals surface area contributed by atoms with E-state index < -0.39 is 0 Å². The zero-order chi connectivity index (χ0) is 38.8. The number of nitrogens with zero attached hydrogens (tertiary/aromatic N) is 4. The maximum Gasteiger partial charge on any atom is 0.164 e. The van der Waals surface area contributed by atoms with Gasteiger partial charge >= 0.3 is 0 Å². The molecule has 0 bridgehead atoms. The molecule has 4 heteroatoms. The molecule has 58 heavy (non-hydrogen) atoms. The quantitative estimate of drug-likeness (QED) is 0.170. The van der Waals surface area contributed by atoms with Gasteiger partial charge in [0.05, 0.1) is 11.0 Å². The second-order valence-corrected chi connectivity index (χ2v) is 15.7. The lowest BCUT2D eigenvalue weighted by molar-refractivity contribution is 0.661. The molecule has 0 fully saturated rings. The second-order valence-electron chi connectivity index (χ2n) is 15.7. The van der Waals surface area contributed by atoms with Gasteiger partial charge in [0, 0.05) is 38.6 Å². The van der Waals surface area contributed by atoms with Crippen LogP contribution < -0.4 is 0 Å². The van der Waals surface area contributed by atoms with Crippen molar-refractivity contribution < 1.29 is 0 Å². The van der Waals surface area contributed by atoms with Crippen molar-refractivity contribution in [2.24, 2.45) is 0 Å². The third-order valence-electron chi connectivity index (χ3n) is 11.8. The van der Waals surface area contributed by atoms with Gasteiger partial charge in [-0.2, -0.15) is 0 Å². The molecule has 274 valence electrons. The van der Waals surface area contributed by atoms with Gasteiger partial charge in [-0.1, -0.05) is 159 Å². The Bertz CT molecular complexity index is 3120. The van der Waals surface area contributed by atoms with Crippen LogP contribution in [0.2, 0.25) is 0 Å². The molecule has 0 aliphatic heterocycles. The van der Waals surface area contributed by atoms with Crippen molar-refractivity contribution in [1.29, 1.82) is 0 Å². The van der Waals surface area contributed by atoms with E-state index in [0.29, 0.717) is 17.5 Å². The predicted octanol–water partition coefficient (Wildman–Crippen LogP) is 13.6. The Kier molecular flexibility index (Phi) is 7.80. The third-order valence-corrected chi connectivity index (χ3v) is 11.8. The Labute approximate surface area is 337 Å². The van der Waals surface area contributed by atoms with Gasteiger partial charge < -0.3 is 4.57 Å². The number of rotatable bonds is 6. The van der Waals surface area contributed by atoms with Crippen molar-refractivity contribution in [2.45, 2.75) is 19.3 Å². The minimum Gasteiger partial charge on any atom is -0.309 e. The van der Waals surface area contributed by atoms with Crippen molar-refractivity contribution in [3.05, 3.63) is 205 Å². The molecular weight excluding hydrogens is 705 g/mol. The number of fused-ring (bicyclic) bond motifs is 6. The number of benzene rings is 8. The predicted molar refractivity (Wildman–Crippen MR) is 239 cm³/mol. The van der Waals surface area contributed by atoms with E-state index in [0.717, 1.165) is 44.6 Å². The van der Waals surface area contributed by atoms with Crippen LogP contribution in [-0.4, -0.2) is 19.5 Å². The normalized spacial score (nSPS) is 12.8. The van der Waals surface area contributed by atoms with Gasteiger partial charge in [-0.25, -0.2) is 15.0 Å². The molecule has 0 saturated heterocycles. The molecule has 1 aliphatic rings. The Hall–Kier alpha value is -7.43. The molecule has 0 spiro atoms. The van der Waals surface area contributed by atoms with Crippen LogP contribution in [0.5, 0.6) is 0 Å². The van der Waals surface area contributed by atoms with Gasteiger partial charge in [0.15, 0.2) is 17.5 Å². The van der Waals surface area contributed by atoms with E-state index in [4.69, 9.17) is 15.0 Å². The third kappa shape index (κ3) is 5.56. The molecule has 10 aromatic rings. The maximum atomic E-state index is 5.12. The molecule has 0 unspecified atom stereocenters. The zero-order valence-corrected chi connectivity index (χ0v) is 32.3. The molecular formula is C54H38N4. The van der Waals surface area contributed by atoms with Gasteiger partial charge in [-0.15, -0.1) is 0 Å². The largest absolute Gasteiger partial charge is 0.309 e. The second kappa shape index (κ2) is 13.4. The summed E-state index contributed by atoms with van der Waals surface area (Å²) < 4.78 is 2.44. The van der Waals surface area contributed by atoms with Crippen molar-refractivity contribution >= 4 is 21.8 Å². The first kappa shape index (κ1) is 33.9. The highest BCUT2D eigenvalue weighted by molar-refractivity contribution is 6.11. The first-order valence-corrected chi connectivity index (χ1v) is 19.9. The molecule has 0 radical (unpaired) electrons. The molecule has 11 rings (SSSR count).